The van der Waals surface area contributed by atoms with E-state index in [1.807, 2.05) is 0 Å². The number of aliphatic hydroxyl groups excluding tert-OH is 1. The van der Waals surface area contributed by atoms with Crippen LogP contribution in [-0.2, 0) is 11.3 Å². The molecule has 19 heavy (non-hydrogen) atoms. The van der Waals surface area contributed by atoms with Gasteiger partial charge in [-0.15, -0.1) is 5.10 Å². The van der Waals surface area contributed by atoms with Crippen molar-refractivity contribution >= 4 is 5.97 Å². The molecule has 2 rings (SSSR count). The first-order valence-corrected chi connectivity index (χ1v) is 6.49. The van der Waals surface area contributed by atoms with E-state index in [1.54, 1.807) is 0 Å². The van der Waals surface area contributed by atoms with E-state index in [-0.39, 0.29) is 18.3 Å². The Morgan fingerprint density at radius 3 is 2.84 bits per heavy atom. The second kappa shape index (κ2) is 6.12. The van der Waals surface area contributed by atoms with Crippen LogP contribution in [0.3, 0.4) is 0 Å². The number of aliphatic hydroxyl groups is 1. The highest BCUT2D eigenvalue weighted by Gasteiger charge is 2.29. The zero-order valence-electron chi connectivity index (χ0n) is 10.9. The van der Waals surface area contributed by atoms with Crippen molar-refractivity contribution in [2.45, 2.75) is 50.9 Å². The summed E-state index contributed by atoms with van der Waals surface area (Å²) < 4.78 is 6.56. The Balaban J connectivity index is 2.34. The number of aromatic carboxylic acids is 1. The number of ether oxygens (including phenoxy) is 1. The van der Waals surface area contributed by atoms with Gasteiger partial charge in [-0.05, 0) is 12.8 Å². The fourth-order valence-electron chi connectivity index (χ4n) is 2.57. The summed E-state index contributed by atoms with van der Waals surface area (Å²) >= 11 is 0. The number of carboxylic acid groups (broad SMARTS) is 1. The van der Waals surface area contributed by atoms with Crippen LogP contribution in [0, 0.1) is 0 Å². The number of rotatable bonds is 4. The third-order valence-electron chi connectivity index (χ3n) is 3.53. The zero-order chi connectivity index (χ0) is 13.8. The van der Waals surface area contributed by atoms with Crippen molar-refractivity contribution in [3.05, 3.63) is 11.4 Å². The quantitative estimate of drug-likeness (QED) is 0.791. The van der Waals surface area contributed by atoms with E-state index in [9.17, 15) is 9.90 Å². The smallest absolute Gasteiger partial charge is 0.358 e. The first kappa shape index (κ1) is 14.0. The van der Waals surface area contributed by atoms with E-state index in [0.29, 0.717) is 12.1 Å². The van der Waals surface area contributed by atoms with Crippen molar-refractivity contribution in [2.24, 2.45) is 0 Å². The molecule has 1 heterocycles. The first-order chi connectivity index (χ1) is 9.15. The lowest BCUT2D eigenvalue weighted by Crippen LogP contribution is -2.26. The Morgan fingerprint density at radius 2 is 2.16 bits per heavy atom. The molecule has 0 aromatic carbocycles. The van der Waals surface area contributed by atoms with Crippen molar-refractivity contribution in [2.75, 3.05) is 7.11 Å². The van der Waals surface area contributed by atoms with E-state index in [1.165, 1.54) is 11.8 Å². The van der Waals surface area contributed by atoms with Gasteiger partial charge in [0, 0.05) is 7.11 Å². The summed E-state index contributed by atoms with van der Waals surface area (Å²) in [6.07, 6.45) is 4.03. The van der Waals surface area contributed by atoms with Gasteiger partial charge in [0.1, 0.15) is 0 Å². The fraction of sp³-hybridized carbons (Fsp3) is 0.750. The molecule has 1 aliphatic rings. The lowest BCUT2D eigenvalue weighted by atomic mass is 10.1. The van der Waals surface area contributed by atoms with Crippen LogP contribution in [0.2, 0.25) is 0 Å². The van der Waals surface area contributed by atoms with Crippen LogP contribution >= 0.6 is 0 Å². The minimum absolute atomic E-state index is 0.0988. The molecule has 1 aromatic heterocycles. The monoisotopic (exact) mass is 269 g/mol. The maximum atomic E-state index is 11.1. The minimum Gasteiger partial charge on any atom is -0.476 e. The van der Waals surface area contributed by atoms with Gasteiger partial charge in [0.05, 0.1) is 24.4 Å². The standard InChI is InChI=1S/C12H19N3O4/c1-19-7-9-11(12(17)18)13-14-15(9)8-5-3-2-4-6-10(8)16/h8,10,16H,2-7H2,1H3,(H,17,18). The number of hydrogen-bond donors (Lipinski definition) is 2. The van der Waals surface area contributed by atoms with Gasteiger partial charge < -0.3 is 14.9 Å². The first-order valence-electron chi connectivity index (χ1n) is 6.49. The van der Waals surface area contributed by atoms with Crippen LogP contribution in [-0.4, -0.2) is 44.4 Å². The minimum atomic E-state index is -1.12. The van der Waals surface area contributed by atoms with Crippen LogP contribution in [0.5, 0.6) is 0 Å². The van der Waals surface area contributed by atoms with E-state index in [2.05, 4.69) is 10.3 Å². The summed E-state index contributed by atoms with van der Waals surface area (Å²) in [5, 5.41) is 26.9. The lowest BCUT2D eigenvalue weighted by Gasteiger charge is -2.22. The van der Waals surface area contributed by atoms with E-state index in [4.69, 9.17) is 9.84 Å². The molecule has 0 radical (unpaired) electrons. The number of hydrogen-bond acceptors (Lipinski definition) is 5. The summed E-state index contributed by atoms with van der Waals surface area (Å²) in [6, 6.07) is -0.215. The average molecular weight is 269 g/mol. The molecule has 2 atom stereocenters. The molecule has 7 nitrogen and oxygen atoms in total. The summed E-state index contributed by atoms with van der Waals surface area (Å²) in [5.41, 5.74) is 0.319. The van der Waals surface area contributed by atoms with Crippen molar-refractivity contribution in [3.63, 3.8) is 0 Å². The van der Waals surface area contributed by atoms with Gasteiger partial charge in [-0.1, -0.05) is 24.5 Å². The van der Waals surface area contributed by atoms with Gasteiger partial charge in [0.15, 0.2) is 5.69 Å². The van der Waals surface area contributed by atoms with E-state index >= 15 is 0 Å². The molecular weight excluding hydrogens is 250 g/mol. The molecule has 0 bridgehead atoms. The van der Waals surface area contributed by atoms with Crippen molar-refractivity contribution in [3.8, 4) is 0 Å². The highest BCUT2D eigenvalue weighted by molar-refractivity contribution is 5.86. The van der Waals surface area contributed by atoms with Crippen LogP contribution in [0.15, 0.2) is 0 Å². The van der Waals surface area contributed by atoms with E-state index < -0.39 is 12.1 Å². The van der Waals surface area contributed by atoms with Gasteiger partial charge in [-0.25, -0.2) is 9.48 Å². The number of carboxylic acids is 1. The number of methoxy groups -OCH3 is 1. The largest absolute Gasteiger partial charge is 0.476 e. The highest BCUT2D eigenvalue weighted by Crippen LogP contribution is 2.28. The van der Waals surface area contributed by atoms with Gasteiger partial charge >= 0.3 is 5.97 Å². The third kappa shape index (κ3) is 2.93. The van der Waals surface area contributed by atoms with Crippen molar-refractivity contribution in [1.29, 1.82) is 0 Å². The molecule has 2 N–H and O–H groups in total. The van der Waals surface area contributed by atoms with Gasteiger partial charge in [0.25, 0.3) is 0 Å². The number of carbonyl (C=O) groups is 1. The molecule has 1 aromatic rings. The summed E-state index contributed by atoms with van der Waals surface area (Å²) in [7, 11) is 1.49. The lowest BCUT2D eigenvalue weighted by molar-refractivity contribution is 0.0680. The van der Waals surface area contributed by atoms with Crippen molar-refractivity contribution < 1.29 is 19.7 Å². The molecule has 1 saturated carbocycles. The Hall–Kier alpha value is -1.47. The predicted molar refractivity (Wildman–Crippen MR) is 65.8 cm³/mol. The van der Waals surface area contributed by atoms with Gasteiger partial charge in [-0.3, -0.25) is 0 Å². The molecule has 1 aliphatic carbocycles. The van der Waals surface area contributed by atoms with Gasteiger partial charge in [-0.2, -0.15) is 0 Å². The summed E-state index contributed by atoms with van der Waals surface area (Å²) in [6.45, 7) is 0.123. The SMILES string of the molecule is COCc1c(C(=O)O)nnn1C1CCCCCC1O. The van der Waals surface area contributed by atoms with Crippen LogP contribution in [0.1, 0.15) is 54.3 Å². The normalized spacial score (nSPS) is 24.1. The fourth-order valence-corrected chi connectivity index (χ4v) is 2.57. The molecule has 7 heteroatoms. The molecule has 0 amide bonds. The van der Waals surface area contributed by atoms with Gasteiger partial charge in [0.2, 0.25) is 0 Å². The van der Waals surface area contributed by atoms with Crippen LogP contribution < -0.4 is 0 Å². The predicted octanol–water partition coefficient (Wildman–Crippen LogP) is 0.989. The molecular formula is C12H19N3O4. The Labute approximate surface area is 111 Å². The zero-order valence-corrected chi connectivity index (χ0v) is 10.9. The summed E-state index contributed by atoms with van der Waals surface area (Å²) in [5.74, 6) is -1.12. The Morgan fingerprint density at radius 1 is 1.42 bits per heavy atom. The molecule has 2 unspecified atom stereocenters. The second-order valence-electron chi connectivity index (χ2n) is 4.84. The average Bonchev–Trinajstić information content (AvgIpc) is 2.66. The van der Waals surface area contributed by atoms with Crippen LogP contribution in [0.4, 0.5) is 0 Å². The Bertz CT molecular complexity index is 446. The third-order valence-corrected chi connectivity index (χ3v) is 3.53. The Kier molecular flexibility index (Phi) is 4.49. The number of aromatic nitrogens is 3. The second-order valence-corrected chi connectivity index (χ2v) is 4.84. The van der Waals surface area contributed by atoms with Crippen molar-refractivity contribution in [1.82, 2.24) is 15.0 Å². The summed E-state index contributed by atoms with van der Waals surface area (Å²) in [4.78, 5) is 11.1. The molecule has 0 aliphatic heterocycles. The molecule has 0 saturated heterocycles. The van der Waals surface area contributed by atoms with E-state index in [0.717, 1.165) is 25.7 Å². The topological polar surface area (TPSA) is 97.5 Å². The molecule has 0 spiro atoms. The molecule has 106 valence electrons. The highest BCUT2D eigenvalue weighted by atomic mass is 16.5. The molecule has 1 fully saturated rings. The maximum absolute atomic E-state index is 11.1. The van der Waals surface area contributed by atoms with Crippen LogP contribution in [0.25, 0.3) is 0 Å². The number of nitrogens with zero attached hydrogens (tertiary/aromatic N) is 3. The maximum Gasteiger partial charge on any atom is 0.358 e.